The van der Waals surface area contributed by atoms with E-state index in [-0.39, 0.29) is 0 Å². The van der Waals surface area contributed by atoms with Crippen molar-refractivity contribution < 1.29 is 9.47 Å². The molecule has 3 aromatic rings. The number of nitrogens with zero attached hydrogens (tertiary/aromatic N) is 2. The minimum atomic E-state index is 0.688. The maximum atomic E-state index is 5.74. The lowest BCUT2D eigenvalue weighted by atomic mass is 10.1. The van der Waals surface area contributed by atoms with Gasteiger partial charge in [-0.15, -0.1) is 0 Å². The molecule has 1 aliphatic heterocycles. The molecule has 1 aliphatic rings. The summed E-state index contributed by atoms with van der Waals surface area (Å²) in [6.45, 7) is 1.39. The number of ether oxygens (including phenoxy) is 2. The Morgan fingerprint density at radius 1 is 1.10 bits per heavy atom. The van der Waals surface area contributed by atoms with E-state index in [4.69, 9.17) is 9.47 Å². The van der Waals surface area contributed by atoms with Crippen LogP contribution in [0.5, 0.6) is 11.5 Å². The summed E-state index contributed by atoms with van der Waals surface area (Å²) in [5.41, 5.74) is 2.84. The second-order valence-electron chi connectivity index (χ2n) is 4.93. The van der Waals surface area contributed by atoms with Crippen molar-refractivity contribution in [2.24, 2.45) is 0 Å². The molecule has 0 radical (unpaired) electrons. The summed E-state index contributed by atoms with van der Waals surface area (Å²) in [5, 5.41) is 0. The first-order valence-corrected chi connectivity index (χ1v) is 7.64. The molecule has 0 saturated carbocycles. The van der Waals surface area contributed by atoms with Gasteiger partial charge in [0.25, 0.3) is 0 Å². The number of hydrogen-bond acceptors (Lipinski definition) is 3. The zero-order valence-corrected chi connectivity index (χ0v) is 12.8. The number of fused-ring (bicyclic) bond motifs is 2. The lowest BCUT2D eigenvalue weighted by Crippen LogP contribution is -1.97. The van der Waals surface area contributed by atoms with Gasteiger partial charge in [0.15, 0.2) is 17.1 Å². The maximum Gasteiger partial charge on any atom is 0.161 e. The molecule has 0 N–H and O–H groups in total. The molecule has 106 valence electrons. The van der Waals surface area contributed by atoms with Crippen molar-refractivity contribution in [1.29, 1.82) is 0 Å². The van der Waals surface area contributed by atoms with Crippen LogP contribution in [0.2, 0.25) is 0 Å². The summed E-state index contributed by atoms with van der Waals surface area (Å²) in [5.74, 6) is 1.60. The Morgan fingerprint density at radius 2 is 1.95 bits per heavy atom. The van der Waals surface area contributed by atoms with Gasteiger partial charge in [0.05, 0.1) is 23.4 Å². The minimum absolute atomic E-state index is 0.688. The number of rotatable bonds is 1. The number of pyridine rings is 1. The van der Waals surface area contributed by atoms with Crippen LogP contribution < -0.4 is 9.47 Å². The standard InChI is InChI=1S/C16H13BrN2O2/c17-12-3-1-6-19-10-13(18-16(12)19)11-4-5-14-15(9-11)21-8-2-7-20-14/h1,3-6,9-10H,2,7-8H2. The summed E-state index contributed by atoms with van der Waals surface area (Å²) in [4.78, 5) is 4.67. The Balaban J connectivity index is 1.81. The zero-order chi connectivity index (χ0) is 14.2. The Morgan fingerprint density at radius 3 is 2.81 bits per heavy atom. The molecular weight excluding hydrogens is 332 g/mol. The molecular formula is C16H13BrN2O2. The first-order valence-electron chi connectivity index (χ1n) is 6.84. The Bertz CT molecular complexity index is 813. The summed E-state index contributed by atoms with van der Waals surface area (Å²) < 4.78 is 14.4. The monoisotopic (exact) mass is 344 g/mol. The predicted molar refractivity (Wildman–Crippen MR) is 83.9 cm³/mol. The maximum absolute atomic E-state index is 5.74. The van der Waals surface area contributed by atoms with Crippen molar-refractivity contribution >= 4 is 21.6 Å². The van der Waals surface area contributed by atoms with E-state index < -0.39 is 0 Å². The van der Waals surface area contributed by atoms with E-state index >= 15 is 0 Å². The highest BCUT2D eigenvalue weighted by Crippen LogP contribution is 2.34. The van der Waals surface area contributed by atoms with Gasteiger partial charge in [-0.25, -0.2) is 4.98 Å². The van der Waals surface area contributed by atoms with Crippen LogP contribution in [-0.4, -0.2) is 22.6 Å². The first kappa shape index (κ1) is 12.7. The fourth-order valence-electron chi connectivity index (χ4n) is 2.44. The zero-order valence-electron chi connectivity index (χ0n) is 11.3. The summed E-state index contributed by atoms with van der Waals surface area (Å²) in [6.07, 6.45) is 4.91. The fourth-order valence-corrected chi connectivity index (χ4v) is 2.89. The molecule has 0 amide bonds. The Hall–Kier alpha value is -2.01. The van der Waals surface area contributed by atoms with Crippen molar-refractivity contribution in [3.63, 3.8) is 0 Å². The van der Waals surface area contributed by atoms with E-state index in [1.807, 2.05) is 47.1 Å². The van der Waals surface area contributed by atoms with Gasteiger partial charge in [0.1, 0.15) is 0 Å². The largest absolute Gasteiger partial charge is 0.490 e. The van der Waals surface area contributed by atoms with Crippen LogP contribution in [0.15, 0.2) is 47.2 Å². The normalized spacial score (nSPS) is 14.1. The van der Waals surface area contributed by atoms with Gasteiger partial charge in [0, 0.05) is 24.4 Å². The van der Waals surface area contributed by atoms with Crippen LogP contribution in [0.3, 0.4) is 0 Å². The molecule has 5 heteroatoms. The highest BCUT2D eigenvalue weighted by Gasteiger charge is 2.13. The van der Waals surface area contributed by atoms with Gasteiger partial charge >= 0.3 is 0 Å². The second-order valence-corrected chi connectivity index (χ2v) is 5.78. The summed E-state index contributed by atoms with van der Waals surface area (Å²) >= 11 is 3.53. The van der Waals surface area contributed by atoms with Crippen LogP contribution in [0.4, 0.5) is 0 Å². The molecule has 0 spiro atoms. The van der Waals surface area contributed by atoms with E-state index in [0.29, 0.717) is 13.2 Å². The second kappa shape index (κ2) is 5.07. The molecule has 0 bridgehead atoms. The quantitative estimate of drug-likeness (QED) is 0.671. The number of benzene rings is 1. The van der Waals surface area contributed by atoms with Crippen LogP contribution >= 0.6 is 15.9 Å². The SMILES string of the molecule is Brc1cccn2cc(-c3ccc4c(c3)OCCCO4)nc12. The smallest absolute Gasteiger partial charge is 0.161 e. The van der Waals surface area contributed by atoms with E-state index in [0.717, 1.165) is 39.3 Å². The topological polar surface area (TPSA) is 35.8 Å². The van der Waals surface area contributed by atoms with Crippen LogP contribution in [-0.2, 0) is 0 Å². The molecule has 0 aliphatic carbocycles. The Labute approximate surface area is 130 Å². The molecule has 0 atom stereocenters. The van der Waals surface area contributed by atoms with E-state index in [9.17, 15) is 0 Å². The van der Waals surface area contributed by atoms with Crippen molar-refractivity contribution in [1.82, 2.24) is 9.38 Å². The molecule has 1 aromatic carbocycles. The predicted octanol–water partition coefficient (Wildman–Crippen LogP) is 3.93. The molecule has 4 nitrogen and oxygen atoms in total. The van der Waals surface area contributed by atoms with Gasteiger partial charge in [0.2, 0.25) is 0 Å². The fraction of sp³-hybridized carbons (Fsp3) is 0.188. The minimum Gasteiger partial charge on any atom is -0.490 e. The molecule has 0 fully saturated rings. The number of imidazole rings is 1. The van der Waals surface area contributed by atoms with Crippen LogP contribution in [0.25, 0.3) is 16.9 Å². The van der Waals surface area contributed by atoms with Crippen LogP contribution in [0, 0.1) is 0 Å². The van der Waals surface area contributed by atoms with Crippen molar-refractivity contribution in [2.75, 3.05) is 13.2 Å². The lowest BCUT2D eigenvalue weighted by molar-refractivity contribution is 0.297. The van der Waals surface area contributed by atoms with E-state index in [1.54, 1.807) is 0 Å². The first-order chi connectivity index (χ1) is 10.3. The summed E-state index contributed by atoms with van der Waals surface area (Å²) in [6, 6.07) is 9.94. The number of hydrogen-bond donors (Lipinski definition) is 0. The van der Waals surface area contributed by atoms with Crippen molar-refractivity contribution in [2.45, 2.75) is 6.42 Å². The van der Waals surface area contributed by atoms with Gasteiger partial charge in [-0.3, -0.25) is 0 Å². The third kappa shape index (κ3) is 2.27. The molecule has 3 heterocycles. The molecule has 2 aromatic heterocycles. The third-order valence-electron chi connectivity index (χ3n) is 3.48. The average Bonchev–Trinajstić information content (AvgIpc) is 2.80. The van der Waals surface area contributed by atoms with Crippen LogP contribution in [0.1, 0.15) is 6.42 Å². The highest BCUT2D eigenvalue weighted by molar-refractivity contribution is 9.10. The molecule has 21 heavy (non-hydrogen) atoms. The van der Waals surface area contributed by atoms with E-state index in [2.05, 4.69) is 20.9 Å². The van der Waals surface area contributed by atoms with Crippen molar-refractivity contribution in [3.8, 4) is 22.8 Å². The Kier molecular flexibility index (Phi) is 3.07. The molecule has 4 rings (SSSR count). The summed E-state index contributed by atoms with van der Waals surface area (Å²) in [7, 11) is 0. The van der Waals surface area contributed by atoms with Gasteiger partial charge in [-0.1, -0.05) is 0 Å². The average molecular weight is 345 g/mol. The van der Waals surface area contributed by atoms with Crippen molar-refractivity contribution in [3.05, 3.63) is 47.2 Å². The highest BCUT2D eigenvalue weighted by atomic mass is 79.9. The lowest BCUT2D eigenvalue weighted by Gasteiger charge is -2.07. The molecule has 0 saturated heterocycles. The number of halogens is 1. The van der Waals surface area contributed by atoms with Gasteiger partial charge < -0.3 is 13.9 Å². The third-order valence-corrected chi connectivity index (χ3v) is 4.10. The van der Waals surface area contributed by atoms with Gasteiger partial charge in [-0.2, -0.15) is 0 Å². The van der Waals surface area contributed by atoms with E-state index in [1.165, 1.54) is 0 Å². The number of aromatic nitrogens is 2. The van der Waals surface area contributed by atoms with Gasteiger partial charge in [-0.05, 0) is 46.3 Å². The molecule has 0 unspecified atom stereocenters.